The Hall–Kier alpha value is -1.10. The Morgan fingerprint density at radius 3 is 2.67 bits per heavy atom. The van der Waals surface area contributed by atoms with Gasteiger partial charge in [-0.05, 0) is 19.4 Å². The summed E-state index contributed by atoms with van der Waals surface area (Å²) < 4.78 is 4.23. The molecule has 1 aliphatic heterocycles. The van der Waals surface area contributed by atoms with Crippen LogP contribution in [0.1, 0.15) is 19.3 Å². The van der Waals surface area contributed by atoms with Gasteiger partial charge in [-0.1, -0.05) is 6.42 Å². The van der Waals surface area contributed by atoms with E-state index in [0.29, 0.717) is 6.42 Å². The molecule has 0 aromatic heterocycles. The average molecular weight is 172 g/mol. The van der Waals surface area contributed by atoms with Crippen molar-refractivity contribution in [1.29, 1.82) is 0 Å². The van der Waals surface area contributed by atoms with Gasteiger partial charge in [-0.3, -0.25) is 0 Å². The molecule has 0 aliphatic carbocycles. The van der Waals surface area contributed by atoms with Crippen LogP contribution in [0.2, 0.25) is 0 Å². The maximum atomic E-state index is 11.0. The lowest BCUT2D eigenvalue weighted by Crippen LogP contribution is -2.42. The molecule has 0 spiro atoms. The molecule has 1 heterocycles. The second-order valence-corrected chi connectivity index (χ2v) is 2.74. The van der Waals surface area contributed by atoms with Crippen LogP contribution in [0.15, 0.2) is 0 Å². The Labute approximate surface area is 70.2 Å². The third-order valence-corrected chi connectivity index (χ3v) is 1.80. The molecule has 1 saturated heterocycles. The number of carbonyl (C=O) groups is 2. The van der Waals surface area contributed by atoms with Crippen molar-refractivity contribution in [2.75, 3.05) is 6.54 Å². The fourth-order valence-corrected chi connectivity index (χ4v) is 1.22. The molecule has 1 rings (SSSR count). The summed E-state index contributed by atoms with van der Waals surface area (Å²) in [6.07, 6.45) is 1.71. The van der Waals surface area contributed by atoms with Gasteiger partial charge in [0.05, 0.1) is 0 Å². The number of ether oxygens (including phenoxy) is 1. The van der Waals surface area contributed by atoms with Gasteiger partial charge in [0.15, 0.2) is 0 Å². The Bertz CT molecular complexity index is 187. The highest BCUT2D eigenvalue weighted by atomic mass is 16.6. The van der Waals surface area contributed by atoms with E-state index in [4.69, 9.17) is 5.73 Å². The molecule has 0 aromatic carbocycles. The average Bonchev–Trinajstić information content (AvgIpc) is 2.05. The van der Waals surface area contributed by atoms with Crippen LogP contribution in [-0.4, -0.2) is 24.6 Å². The Kier molecular flexibility index (Phi) is 3.04. The highest BCUT2D eigenvalue weighted by molar-refractivity contribution is 5.86. The molecular formula is C7H12N2O3. The lowest BCUT2D eigenvalue weighted by atomic mass is 10.1. The zero-order chi connectivity index (χ0) is 8.97. The standard InChI is InChI=1S/C7H12N2O3/c8-7(11)12-6(10)5-3-1-2-4-9-5/h5,9H,1-4H2,(H2,8,11). The normalized spacial score (nSPS) is 23.2. The maximum absolute atomic E-state index is 11.0. The second kappa shape index (κ2) is 4.06. The monoisotopic (exact) mass is 172 g/mol. The van der Waals surface area contributed by atoms with Crippen molar-refractivity contribution in [2.45, 2.75) is 25.3 Å². The largest absolute Gasteiger partial charge is 0.412 e. The summed E-state index contributed by atoms with van der Waals surface area (Å²) in [5.74, 6) is -0.567. The van der Waals surface area contributed by atoms with E-state index in [9.17, 15) is 9.59 Å². The molecule has 1 fully saturated rings. The number of amides is 1. The first-order chi connectivity index (χ1) is 5.70. The first kappa shape index (κ1) is 8.99. The summed E-state index contributed by atoms with van der Waals surface area (Å²) in [6, 6.07) is -0.355. The number of primary amides is 1. The first-order valence-corrected chi connectivity index (χ1v) is 3.94. The van der Waals surface area contributed by atoms with Crippen molar-refractivity contribution in [3.63, 3.8) is 0 Å². The molecule has 12 heavy (non-hydrogen) atoms. The van der Waals surface area contributed by atoms with Gasteiger partial charge in [-0.2, -0.15) is 0 Å². The fraction of sp³-hybridized carbons (Fsp3) is 0.714. The minimum atomic E-state index is -1.03. The lowest BCUT2D eigenvalue weighted by Gasteiger charge is -2.20. The van der Waals surface area contributed by atoms with Crippen LogP contribution in [0.25, 0.3) is 0 Å². The molecule has 0 bridgehead atoms. The molecule has 1 amide bonds. The third kappa shape index (κ3) is 2.50. The van der Waals surface area contributed by atoms with E-state index in [1.807, 2.05) is 0 Å². The number of nitrogens with two attached hydrogens (primary N) is 1. The van der Waals surface area contributed by atoms with Gasteiger partial charge >= 0.3 is 12.1 Å². The van der Waals surface area contributed by atoms with Gasteiger partial charge in [0.1, 0.15) is 6.04 Å². The predicted molar refractivity (Wildman–Crippen MR) is 41.3 cm³/mol. The number of rotatable bonds is 1. The molecule has 1 aliphatic rings. The molecule has 0 radical (unpaired) electrons. The van der Waals surface area contributed by atoms with E-state index in [1.54, 1.807) is 0 Å². The molecule has 1 atom stereocenters. The summed E-state index contributed by atoms with van der Waals surface area (Å²) in [5.41, 5.74) is 4.69. The third-order valence-electron chi connectivity index (χ3n) is 1.80. The summed E-state index contributed by atoms with van der Waals surface area (Å²) >= 11 is 0. The van der Waals surface area contributed by atoms with Gasteiger partial charge in [-0.15, -0.1) is 0 Å². The number of hydrogen-bond acceptors (Lipinski definition) is 4. The van der Waals surface area contributed by atoms with Gasteiger partial charge < -0.3 is 15.8 Å². The molecule has 1 unspecified atom stereocenters. The highest BCUT2D eigenvalue weighted by Gasteiger charge is 2.23. The van der Waals surface area contributed by atoms with Gasteiger partial charge in [-0.25, -0.2) is 9.59 Å². The van der Waals surface area contributed by atoms with Crippen molar-refractivity contribution < 1.29 is 14.3 Å². The molecule has 3 N–H and O–H groups in total. The molecule has 0 saturated carbocycles. The van der Waals surface area contributed by atoms with Crippen molar-refractivity contribution in [1.82, 2.24) is 5.32 Å². The Morgan fingerprint density at radius 1 is 1.42 bits per heavy atom. The lowest BCUT2D eigenvalue weighted by molar-refractivity contribution is -0.140. The zero-order valence-corrected chi connectivity index (χ0v) is 6.71. The molecule has 5 nitrogen and oxygen atoms in total. The summed E-state index contributed by atoms with van der Waals surface area (Å²) in [7, 11) is 0. The maximum Gasteiger partial charge on any atom is 0.412 e. The minimum Gasteiger partial charge on any atom is -0.375 e. The second-order valence-electron chi connectivity index (χ2n) is 2.74. The van der Waals surface area contributed by atoms with E-state index in [0.717, 1.165) is 19.4 Å². The number of carbonyl (C=O) groups excluding carboxylic acids is 2. The summed E-state index contributed by atoms with van der Waals surface area (Å²) in [6.45, 7) is 0.790. The Balaban J connectivity index is 2.34. The van der Waals surface area contributed by atoms with Gasteiger partial charge in [0.25, 0.3) is 0 Å². The van der Waals surface area contributed by atoms with E-state index >= 15 is 0 Å². The van der Waals surface area contributed by atoms with Crippen LogP contribution in [-0.2, 0) is 9.53 Å². The van der Waals surface area contributed by atoms with E-state index in [1.165, 1.54) is 0 Å². The van der Waals surface area contributed by atoms with Gasteiger partial charge in [0, 0.05) is 0 Å². The Morgan fingerprint density at radius 2 is 2.17 bits per heavy atom. The van der Waals surface area contributed by atoms with Crippen LogP contribution in [0.4, 0.5) is 4.79 Å². The van der Waals surface area contributed by atoms with Crippen molar-refractivity contribution in [3.05, 3.63) is 0 Å². The van der Waals surface area contributed by atoms with Crippen molar-refractivity contribution in [3.8, 4) is 0 Å². The van der Waals surface area contributed by atoms with Crippen molar-refractivity contribution in [2.24, 2.45) is 5.73 Å². The number of piperidine rings is 1. The number of nitrogens with one attached hydrogen (secondary N) is 1. The fourth-order valence-electron chi connectivity index (χ4n) is 1.22. The smallest absolute Gasteiger partial charge is 0.375 e. The van der Waals surface area contributed by atoms with E-state index < -0.39 is 12.1 Å². The zero-order valence-electron chi connectivity index (χ0n) is 6.71. The SMILES string of the molecule is NC(=O)OC(=O)C1CCCCN1. The minimum absolute atomic E-state index is 0.355. The van der Waals surface area contributed by atoms with Crippen LogP contribution in [0.5, 0.6) is 0 Å². The van der Waals surface area contributed by atoms with Crippen LogP contribution < -0.4 is 11.1 Å². The van der Waals surface area contributed by atoms with E-state index in [2.05, 4.69) is 10.1 Å². The van der Waals surface area contributed by atoms with Crippen molar-refractivity contribution >= 4 is 12.1 Å². The van der Waals surface area contributed by atoms with Crippen LogP contribution in [0.3, 0.4) is 0 Å². The summed E-state index contributed by atoms with van der Waals surface area (Å²) in [4.78, 5) is 21.2. The number of hydrogen-bond donors (Lipinski definition) is 2. The topological polar surface area (TPSA) is 81.4 Å². The molecular weight excluding hydrogens is 160 g/mol. The molecule has 68 valence electrons. The van der Waals surface area contributed by atoms with Crippen LogP contribution in [0, 0.1) is 0 Å². The van der Waals surface area contributed by atoms with E-state index in [-0.39, 0.29) is 6.04 Å². The molecule has 0 aromatic rings. The summed E-state index contributed by atoms with van der Waals surface area (Å²) in [5, 5.41) is 2.94. The first-order valence-electron chi connectivity index (χ1n) is 3.94. The molecule has 5 heteroatoms. The highest BCUT2D eigenvalue weighted by Crippen LogP contribution is 2.07. The van der Waals surface area contributed by atoms with Crippen LogP contribution >= 0.6 is 0 Å². The predicted octanol–water partition coefficient (Wildman–Crippen LogP) is -0.250. The quantitative estimate of drug-likeness (QED) is 0.422. The number of esters is 1. The van der Waals surface area contributed by atoms with Gasteiger partial charge in [0.2, 0.25) is 0 Å².